The number of rotatable bonds is 9. The first-order valence-electron chi connectivity index (χ1n) is 16.1. The minimum atomic E-state index is 0.665. The highest BCUT2D eigenvalue weighted by molar-refractivity contribution is 5.79. The van der Waals surface area contributed by atoms with Crippen LogP contribution in [-0.2, 0) is 0 Å². The average molecular weight is 619 g/mol. The molecule has 0 N–H and O–H groups in total. The lowest BCUT2D eigenvalue weighted by Gasteiger charge is -2.12. The highest BCUT2D eigenvalue weighted by Crippen LogP contribution is 2.31. The van der Waals surface area contributed by atoms with E-state index >= 15 is 0 Å². The van der Waals surface area contributed by atoms with E-state index in [-0.39, 0.29) is 0 Å². The lowest BCUT2D eigenvalue weighted by Crippen LogP contribution is -1.98. The fraction of sp³-hybridized carbons (Fsp3) is 0.0455. The van der Waals surface area contributed by atoms with E-state index in [2.05, 4.69) is 98.1 Å². The van der Waals surface area contributed by atoms with Gasteiger partial charge in [0.05, 0.1) is 22.8 Å². The lowest BCUT2D eigenvalue weighted by molar-refractivity contribution is 1.03. The summed E-state index contributed by atoms with van der Waals surface area (Å²) in [5, 5.41) is 0. The highest BCUT2D eigenvalue weighted by Gasteiger charge is 2.13. The molecule has 4 nitrogen and oxygen atoms in total. The Morgan fingerprint density at radius 1 is 0.521 bits per heavy atom. The Labute approximate surface area is 282 Å². The molecule has 0 atom stereocenters. The Morgan fingerprint density at radius 3 is 1.56 bits per heavy atom. The van der Waals surface area contributed by atoms with Gasteiger partial charge in [-0.2, -0.15) is 0 Å². The molecule has 1 aliphatic carbocycles. The summed E-state index contributed by atoms with van der Waals surface area (Å²) in [5.74, 6) is 1.39. The summed E-state index contributed by atoms with van der Waals surface area (Å²) in [4.78, 5) is 19.8. The molecule has 1 aliphatic rings. The Balaban J connectivity index is 1.20. The number of nitrogens with zero attached hydrogens (tertiary/aromatic N) is 4. The van der Waals surface area contributed by atoms with Crippen molar-refractivity contribution in [3.63, 3.8) is 0 Å². The van der Waals surface area contributed by atoms with Crippen molar-refractivity contribution >= 4 is 11.1 Å². The van der Waals surface area contributed by atoms with E-state index in [0.29, 0.717) is 5.82 Å². The van der Waals surface area contributed by atoms with Gasteiger partial charge in [0.1, 0.15) is 0 Å². The van der Waals surface area contributed by atoms with Crippen molar-refractivity contribution in [1.82, 2.24) is 19.9 Å². The maximum absolute atomic E-state index is 4.99. The van der Waals surface area contributed by atoms with Gasteiger partial charge in [0.15, 0.2) is 11.6 Å². The predicted molar refractivity (Wildman–Crippen MR) is 200 cm³/mol. The Bertz CT molecular complexity index is 2170. The summed E-state index contributed by atoms with van der Waals surface area (Å²) >= 11 is 0. The van der Waals surface area contributed by atoms with E-state index in [1.807, 2.05) is 60.7 Å². The molecule has 6 aromatic rings. The quantitative estimate of drug-likeness (QED) is 0.151. The van der Waals surface area contributed by atoms with Crippen molar-refractivity contribution in [3.8, 4) is 56.4 Å². The van der Waals surface area contributed by atoms with E-state index in [1.54, 1.807) is 12.2 Å². The standard InChI is InChI=1S/C44H34N4/c1-3-14-31(4-2)39-29-41(47-43(45-39)37-17-10-6-11-18-37)35-25-21-32(22-26-35)33-23-27-36(28-24-33)42-30-40(34-15-8-5-9-16-34)46-44(48-42)38-19-12-7-13-20-38/h3-4,6-8,10-30H,1-2,5,9H2/b31-14+. The van der Waals surface area contributed by atoms with Crippen LogP contribution in [-0.4, -0.2) is 19.9 Å². The molecule has 0 bridgehead atoms. The number of allylic oxidation sites excluding steroid dienone is 8. The maximum Gasteiger partial charge on any atom is 0.160 e. The van der Waals surface area contributed by atoms with Crippen molar-refractivity contribution < 1.29 is 0 Å². The fourth-order valence-electron chi connectivity index (χ4n) is 5.77. The monoisotopic (exact) mass is 618 g/mol. The van der Waals surface area contributed by atoms with Crippen LogP contribution in [0.15, 0.2) is 171 Å². The second-order valence-corrected chi connectivity index (χ2v) is 11.5. The smallest absolute Gasteiger partial charge is 0.160 e. The summed E-state index contributed by atoms with van der Waals surface area (Å²) in [5.41, 5.74) is 11.8. The molecule has 0 aliphatic heterocycles. The first-order valence-corrected chi connectivity index (χ1v) is 16.1. The second kappa shape index (κ2) is 14.0. The molecule has 7 rings (SSSR count). The molecule has 0 unspecified atom stereocenters. The number of hydrogen-bond acceptors (Lipinski definition) is 4. The zero-order valence-electron chi connectivity index (χ0n) is 26.6. The minimum absolute atomic E-state index is 0.665. The molecule has 0 amide bonds. The molecule has 0 saturated carbocycles. The first-order chi connectivity index (χ1) is 23.7. The summed E-state index contributed by atoms with van der Waals surface area (Å²) in [6.45, 7) is 7.84. The topological polar surface area (TPSA) is 51.6 Å². The third-order valence-corrected chi connectivity index (χ3v) is 8.31. The van der Waals surface area contributed by atoms with Gasteiger partial charge in [0, 0.05) is 22.3 Å². The van der Waals surface area contributed by atoms with Gasteiger partial charge in [-0.1, -0.05) is 159 Å². The molecule has 48 heavy (non-hydrogen) atoms. The van der Waals surface area contributed by atoms with Crippen LogP contribution < -0.4 is 0 Å². The van der Waals surface area contributed by atoms with Crippen molar-refractivity contribution in [2.24, 2.45) is 0 Å². The van der Waals surface area contributed by atoms with Crippen molar-refractivity contribution in [2.45, 2.75) is 12.8 Å². The second-order valence-electron chi connectivity index (χ2n) is 11.5. The fourth-order valence-corrected chi connectivity index (χ4v) is 5.77. The van der Waals surface area contributed by atoms with E-state index in [4.69, 9.17) is 19.9 Å². The van der Waals surface area contributed by atoms with Gasteiger partial charge >= 0.3 is 0 Å². The van der Waals surface area contributed by atoms with Crippen LogP contribution in [0.2, 0.25) is 0 Å². The van der Waals surface area contributed by atoms with Crippen LogP contribution in [0, 0.1) is 0 Å². The average Bonchev–Trinajstić information content (AvgIpc) is 3.18. The van der Waals surface area contributed by atoms with Crippen LogP contribution >= 0.6 is 0 Å². The first kappa shape index (κ1) is 30.4. The molecule has 2 heterocycles. The van der Waals surface area contributed by atoms with E-state index in [1.165, 1.54) is 0 Å². The molecule has 0 saturated heterocycles. The van der Waals surface area contributed by atoms with Gasteiger partial charge in [-0.15, -0.1) is 0 Å². The number of aromatic nitrogens is 4. The predicted octanol–water partition coefficient (Wildman–Crippen LogP) is 11.1. The molecular formula is C44H34N4. The van der Waals surface area contributed by atoms with Gasteiger partial charge in [-0.25, -0.2) is 19.9 Å². The van der Waals surface area contributed by atoms with Crippen LogP contribution in [0.25, 0.3) is 67.6 Å². The van der Waals surface area contributed by atoms with E-state index in [0.717, 1.165) is 86.0 Å². The van der Waals surface area contributed by atoms with Crippen LogP contribution in [0.5, 0.6) is 0 Å². The maximum atomic E-state index is 4.99. The van der Waals surface area contributed by atoms with E-state index in [9.17, 15) is 0 Å². The molecule has 0 radical (unpaired) electrons. The summed E-state index contributed by atoms with van der Waals surface area (Å²) < 4.78 is 0. The Hall–Kier alpha value is -6.26. The van der Waals surface area contributed by atoms with E-state index < -0.39 is 0 Å². The molecule has 4 heteroatoms. The van der Waals surface area contributed by atoms with Crippen LogP contribution in [0.3, 0.4) is 0 Å². The van der Waals surface area contributed by atoms with Crippen molar-refractivity contribution in [2.75, 3.05) is 0 Å². The molecule has 0 fully saturated rings. The number of hydrogen-bond donors (Lipinski definition) is 0. The summed E-state index contributed by atoms with van der Waals surface area (Å²) in [7, 11) is 0. The summed E-state index contributed by atoms with van der Waals surface area (Å²) in [6.07, 6.45) is 14.2. The highest BCUT2D eigenvalue weighted by atomic mass is 14.9. The van der Waals surface area contributed by atoms with Crippen molar-refractivity contribution in [3.05, 3.63) is 182 Å². The lowest BCUT2D eigenvalue weighted by atomic mass is 9.99. The van der Waals surface area contributed by atoms with Gasteiger partial charge in [-0.3, -0.25) is 0 Å². The van der Waals surface area contributed by atoms with Crippen LogP contribution in [0.1, 0.15) is 24.2 Å². The van der Waals surface area contributed by atoms with Gasteiger partial charge in [-0.05, 0) is 47.2 Å². The van der Waals surface area contributed by atoms with Gasteiger partial charge < -0.3 is 0 Å². The molecular weight excluding hydrogens is 585 g/mol. The third kappa shape index (κ3) is 6.64. The Morgan fingerprint density at radius 2 is 1.04 bits per heavy atom. The zero-order valence-corrected chi connectivity index (χ0v) is 26.6. The zero-order chi connectivity index (χ0) is 32.7. The molecule has 0 spiro atoms. The number of benzene rings is 4. The molecule has 2 aromatic heterocycles. The molecule has 4 aromatic carbocycles. The Kier molecular flexibility index (Phi) is 8.88. The third-order valence-electron chi connectivity index (χ3n) is 8.31. The summed E-state index contributed by atoms with van der Waals surface area (Å²) in [6, 6.07) is 41.4. The van der Waals surface area contributed by atoms with Gasteiger partial charge in [0.25, 0.3) is 0 Å². The molecule has 230 valence electrons. The minimum Gasteiger partial charge on any atom is -0.228 e. The van der Waals surface area contributed by atoms with Crippen molar-refractivity contribution in [1.29, 1.82) is 0 Å². The van der Waals surface area contributed by atoms with Crippen LogP contribution in [0.4, 0.5) is 0 Å². The van der Waals surface area contributed by atoms with Gasteiger partial charge in [0.2, 0.25) is 0 Å². The normalized spacial score (nSPS) is 12.8. The largest absolute Gasteiger partial charge is 0.228 e. The SMILES string of the molecule is C=C/C=C(\C=C)c1cc(-c2ccc(-c3ccc(-c4cc(C5=CCCC=C5)nc(-c5ccccc5)n4)cc3)cc2)nc(-c2ccccc2)n1.